The van der Waals surface area contributed by atoms with Crippen molar-refractivity contribution in [3.63, 3.8) is 0 Å². The van der Waals surface area contributed by atoms with Crippen molar-refractivity contribution in [1.29, 1.82) is 0 Å². The summed E-state index contributed by atoms with van der Waals surface area (Å²) in [6.45, 7) is 1.70. The first-order valence-corrected chi connectivity index (χ1v) is 8.53. The summed E-state index contributed by atoms with van der Waals surface area (Å²) in [6.07, 6.45) is 0.553. The zero-order chi connectivity index (χ0) is 19.8. The maximum atomic E-state index is 12.2. The van der Waals surface area contributed by atoms with Gasteiger partial charge in [-0.1, -0.05) is 0 Å². The molecule has 148 valence electrons. The monoisotopic (exact) mass is 390 g/mol. The molecule has 3 aromatic rings. The average Bonchev–Trinajstić information content (AvgIpc) is 3.29. The molecule has 0 radical (unpaired) electrons. The van der Waals surface area contributed by atoms with E-state index in [0.29, 0.717) is 11.5 Å². The van der Waals surface area contributed by atoms with Gasteiger partial charge in [-0.15, -0.1) is 0 Å². The molecular formula is C16H18N6O6. The normalized spacial score (nSPS) is 25.1. The lowest BCUT2D eigenvalue weighted by Crippen LogP contribution is -2.60. The number of rotatable bonds is 4. The molecule has 1 amide bonds. The van der Waals surface area contributed by atoms with Crippen LogP contribution in [0.4, 0.5) is 0 Å². The molecule has 12 nitrogen and oxygen atoms in total. The summed E-state index contributed by atoms with van der Waals surface area (Å²) >= 11 is 0. The van der Waals surface area contributed by atoms with Crippen LogP contribution in [0.2, 0.25) is 0 Å². The topological polar surface area (TPSA) is 168 Å². The van der Waals surface area contributed by atoms with E-state index < -0.39 is 30.3 Å². The summed E-state index contributed by atoms with van der Waals surface area (Å²) in [6, 6.07) is -0.823. The number of oxazole rings is 1. The van der Waals surface area contributed by atoms with Crippen molar-refractivity contribution in [2.24, 2.45) is 0 Å². The lowest BCUT2D eigenvalue weighted by atomic mass is 9.97. The van der Waals surface area contributed by atoms with Gasteiger partial charge < -0.3 is 34.2 Å². The minimum atomic E-state index is -1.28. The Morgan fingerprint density at radius 3 is 2.96 bits per heavy atom. The molecular weight excluding hydrogens is 372 g/mol. The molecule has 0 bridgehead atoms. The standard InChI is InChI=1S/C16H18N6O6/c1-7-20-9(4-27-7)15(25)21-8-3-28-10(13(24)12(8)23)2-22-6-19-11-14(22)17-5-18-16(11)26/h4-6,8,10,12-13,23-24H,2-3H2,1H3,(H,21,25)(H,17,18,26)/t8-,10-,12+,13-/m1/s1. The quantitative estimate of drug-likeness (QED) is 0.407. The number of nitrogens with zero attached hydrogens (tertiary/aromatic N) is 4. The van der Waals surface area contributed by atoms with Crippen LogP contribution >= 0.6 is 0 Å². The highest BCUT2D eigenvalue weighted by atomic mass is 16.5. The number of amides is 1. The minimum absolute atomic E-state index is 0.0217. The van der Waals surface area contributed by atoms with Gasteiger partial charge in [0.05, 0.1) is 31.8 Å². The zero-order valence-electron chi connectivity index (χ0n) is 14.8. The number of carbonyl (C=O) groups is 1. The maximum absolute atomic E-state index is 12.2. The van der Waals surface area contributed by atoms with Crippen LogP contribution in [0, 0.1) is 6.92 Å². The molecule has 3 aromatic heterocycles. The van der Waals surface area contributed by atoms with Crippen LogP contribution < -0.4 is 10.9 Å². The second-order valence-corrected chi connectivity index (χ2v) is 6.49. The molecule has 0 unspecified atom stereocenters. The van der Waals surface area contributed by atoms with Gasteiger partial charge in [0.1, 0.15) is 24.6 Å². The molecule has 1 aliphatic rings. The SMILES string of the molecule is Cc1nc(C(=O)N[C@@H]2CO[C@H](Cn3cnc4c(=O)[nH]cnc43)[C@@H](O)[C@H]2O)co1. The maximum Gasteiger partial charge on any atom is 0.278 e. The highest BCUT2D eigenvalue weighted by Crippen LogP contribution is 2.19. The van der Waals surface area contributed by atoms with E-state index in [-0.39, 0.29) is 29.9 Å². The van der Waals surface area contributed by atoms with Gasteiger partial charge in [0, 0.05) is 6.92 Å². The number of imidazole rings is 1. The Balaban J connectivity index is 1.44. The van der Waals surface area contributed by atoms with Gasteiger partial charge in [0.15, 0.2) is 22.7 Å². The molecule has 0 spiro atoms. The molecule has 4 N–H and O–H groups in total. The van der Waals surface area contributed by atoms with Crippen molar-refractivity contribution in [3.05, 3.63) is 40.9 Å². The second-order valence-electron chi connectivity index (χ2n) is 6.49. The molecule has 1 fully saturated rings. The molecule has 28 heavy (non-hydrogen) atoms. The van der Waals surface area contributed by atoms with Crippen molar-refractivity contribution in [2.75, 3.05) is 6.61 Å². The number of aromatic amines is 1. The minimum Gasteiger partial charge on any atom is -0.448 e. The van der Waals surface area contributed by atoms with Crippen LogP contribution in [0.3, 0.4) is 0 Å². The van der Waals surface area contributed by atoms with Gasteiger partial charge in [-0.3, -0.25) is 9.59 Å². The number of fused-ring (bicyclic) bond motifs is 1. The number of H-pyrrole nitrogens is 1. The van der Waals surface area contributed by atoms with E-state index >= 15 is 0 Å². The number of nitrogens with one attached hydrogen (secondary N) is 2. The van der Waals surface area contributed by atoms with Crippen LogP contribution in [-0.2, 0) is 11.3 Å². The fourth-order valence-corrected chi connectivity index (χ4v) is 3.10. The molecule has 0 saturated carbocycles. The molecule has 0 aliphatic carbocycles. The van der Waals surface area contributed by atoms with E-state index in [4.69, 9.17) is 9.15 Å². The summed E-state index contributed by atoms with van der Waals surface area (Å²) in [5.74, 6) is -0.204. The van der Waals surface area contributed by atoms with E-state index in [2.05, 4.69) is 25.3 Å². The van der Waals surface area contributed by atoms with Crippen LogP contribution in [0.15, 0.2) is 28.1 Å². The third-order valence-corrected chi connectivity index (χ3v) is 4.59. The van der Waals surface area contributed by atoms with Crippen LogP contribution in [0.1, 0.15) is 16.4 Å². The van der Waals surface area contributed by atoms with Gasteiger partial charge in [0.2, 0.25) is 0 Å². The van der Waals surface area contributed by atoms with E-state index in [1.807, 2.05) is 0 Å². The highest BCUT2D eigenvalue weighted by molar-refractivity contribution is 5.92. The van der Waals surface area contributed by atoms with Crippen LogP contribution in [-0.4, -0.2) is 71.6 Å². The molecule has 1 aliphatic heterocycles. The van der Waals surface area contributed by atoms with Crippen molar-refractivity contribution in [2.45, 2.75) is 37.8 Å². The highest BCUT2D eigenvalue weighted by Gasteiger charge is 2.39. The molecule has 0 aromatic carbocycles. The van der Waals surface area contributed by atoms with Crippen molar-refractivity contribution in [1.82, 2.24) is 29.8 Å². The Labute approximate surface area is 157 Å². The van der Waals surface area contributed by atoms with Crippen molar-refractivity contribution < 1.29 is 24.2 Å². The number of ether oxygens (including phenoxy) is 1. The summed E-state index contributed by atoms with van der Waals surface area (Å²) < 4.78 is 12.2. The Kier molecular flexibility index (Phi) is 4.66. The van der Waals surface area contributed by atoms with E-state index in [9.17, 15) is 19.8 Å². The van der Waals surface area contributed by atoms with Gasteiger partial charge in [0.25, 0.3) is 11.5 Å². The molecule has 4 heterocycles. The lowest BCUT2D eigenvalue weighted by molar-refractivity contribution is -0.152. The molecule has 4 atom stereocenters. The first kappa shape index (κ1) is 18.3. The summed E-state index contributed by atoms with van der Waals surface area (Å²) in [5, 5.41) is 23.4. The summed E-state index contributed by atoms with van der Waals surface area (Å²) in [5.41, 5.74) is 0.203. The number of hydrogen-bond donors (Lipinski definition) is 4. The van der Waals surface area contributed by atoms with Crippen molar-refractivity contribution in [3.8, 4) is 0 Å². The Bertz CT molecular complexity index is 1060. The number of aryl methyl sites for hydroxylation is 1. The van der Waals surface area contributed by atoms with Crippen LogP contribution in [0.5, 0.6) is 0 Å². The van der Waals surface area contributed by atoms with Gasteiger partial charge in [-0.05, 0) is 0 Å². The first-order valence-electron chi connectivity index (χ1n) is 8.53. The molecule has 1 saturated heterocycles. The average molecular weight is 390 g/mol. The Morgan fingerprint density at radius 1 is 1.39 bits per heavy atom. The number of aliphatic hydroxyl groups is 2. The van der Waals surface area contributed by atoms with Crippen molar-refractivity contribution >= 4 is 17.1 Å². The van der Waals surface area contributed by atoms with E-state index in [0.717, 1.165) is 0 Å². The van der Waals surface area contributed by atoms with Gasteiger partial charge in [-0.2, -0.15) is 0 Å². The summed E-state index contributed by atoms with van der Waals surface area (Å²) in [7, 11) is 0. The fraction of sp³-hybridized carbons (Fsp3) is 0.438. The fourth-order valence-electron chi connectivity index (χ4n) is 3.10. The lowest BCUT2D eigenvalue weighted by Gasteiger charge is -2.37. The van der Waals surface area contributed by atoms with E-state index in [1.165, 1.54) is 18.9 Å². The van der Waals surface area contributed by atoms with Gasteiger partial charge >= 0.3 is 0 Å². The molecule has 12 heteroatoms. The second kappa shape index (κ2) is 7.14. The summed E-state index contributed by atoms with van der Waals surface area (Å²) in [4.78, 5) is 38.3. The smallest absolute Gasteiger partial charge is 0.278 e. The van der Waals surface area contributed by atoms with Crippen LogP contribution in [0.25, 0.3) is 11.2 Å². The van der Waals surface area contributed by atoms with E-state index in [1.54, 1.807) is 11.5 Å². The number of hydrogen-bond acceptors (Lipinski definition) is 9. The predicted octanol–water partition coefficient (Wildman–Crippen LogP) is -1.66. The number of carbonyl (C=O) groups excluding carboxylic acids is 1. The number of aliphatic hydroxyl groups excluding tert-OH is 2. The van der Waals surface area contributed by atoms with Gasteiger partial charge in [-0.25, -0.2) is 15.0 Å². The largest absolute Gasteiger partial charge is 0.448 e. The number of aromatic nitrogens is 5. The Hall–Kier alpha value is -3.09. The Morgan fingerprint density at radius 2 is 2.21 bits per heavy atom. The molecule has 4 rings (SSSR count). The predicted molar refractivity (Wildman–Crippen MR) is 92.4 cm³/mol. The third-order valence-electron chi connectivity index (χ3n) is 4.59. The third kappa shape index (κ3) is 3.28. The zero-order valence-corrected chi connectivity index (χ0v) is 14.8. The first-order chi connectivity index (χ1) is 13.4.